The average molecular weight is 332 g/mol. The molecule has 2 aromatic rings. The molecule has 0 saturated heterocycles. The summed E-state index contributed by atoms with van der Waals surface area (Å²) in [5.41, 5.74) is 6.72. The molecule has 2 rings (SSSR count). The molecule has 106 valence electrons. The maximum atomic E-state index is 12.3. The third-order valence-corrected chi connectivity index (χ3v) is 4.44. The third-order valence-electron chi connectivity index (χ3n) is 2.49. The van der Waals surface area contributed by atoms with Gasteiger partial charge in [-0.25, -0.2) is 13.4 Å². The van der Waals surface area contributed by atoms with E-state index >= 15 is 0 Å². The van der Waals surface area contributed by atoms with Crippen LogP contribution >= 0.6 is 23.2 Å². The highest BCUT2D eigenvalue weighted by Crippen LogP contribution is 2.27. The highest BCUT2D eigenvalue weighted by Gasteiger charge is 2.19. The number of benzene rings is 1. The molecular weight excluding hydrogens is 321 g/mol. The lowest BCUT2D eigenvalue weighted by Gasteiger charge is -2.11. The first-order valence-electron chi connectivity index (χ1n) is 5.49. The van der Waals surface area contributed by atoms with Crippen molar-refractivity contribution >= 4 is 44.6 Å². The van der Waals surface area contributed by atoms with Crippen LogP contribution in [0.3, 0.4) is 0 Å². The van der Waals surface area contributed by atoms with Gasteiger partial charge < -0.3 is 5.73 Å². The summed E-state index contributed by atoms with van der Waals surface area (Å²) in [5, 5.41) is 0.327. The van der Waals surface area contributed by atoms with Crippen LogP contribution in [0.1, 0.15) is 5.56 Å². The summed E-state index contributed by atoms with van der Waals surface area (Å²) in [4.78, 5) is 3.77. The van der Waals surface area contributed by atoms with Gasteiger partial charge in [0.05, 0.1) is 11.4 Å². The lowest BCUT2D eigenvalue weighted by Crippen LogP contribution is -2.15. The van der Waals surface area contributed by atoms with Gasteiger partial charge in [-0.05, 0) is 36.8 Å². The topological polar surface area (TPSA) is 85.1 Å². The predicted octanol–water partition coefficient (Wildman–Crippen LogP) is 3.08. The Kier molecular flexibility index (Phi) is 4.08. The van der Waals surface area contributed by atoms with Crippen molar-refractivity contribution in [1.82, 2.24) is 4.98 Å². The maximum absolute atomic E-state index is 12.3. The molecule has 0 bridgehead atoms. The predicted molar refractivity (Wildman–Crippen MR) is 80.7 cm³/mol. The van der Waals surface area contributed by atoms with E-state index in [0.717, 1.165) is 5.56 Å². The molecule has 0 saturated carbocycles. The minimum absolute atomic E-state index is 0.0553. The van der Waals surface area contributed by atoms with Crippen LogP contribution in [0, 0.1) is 6.92 Å². The second kappa shape index (κ2) is 5.47. The van der Waals surface area contributed by atoms with Gasteiger partial charge in [0, 0.05) is 11.2 Å². The summed E-state index contributed by atoms with van der Waals surface area (Å²) in [6, 6.07) is 5.79. The molecule has 1 aromatic carbocycles. The Hall–Kier alpha value is -1.50. The van der Waals surface area contributed by atoms with Crippen LogP contribution in [-0.2, 0) is 10.0 Å². The average Bonchev–Trinajstić information content (AvgIpc) is 2.36. The van der Waals surface area contributed by atoms with Gasteiger partial charge in [-0.1, -0.05) is 23.2 Å². The molecule has 5 nitrogen and oxygen atoms in total. The van der Waals surface area contributed by atoms with Crippen LogP contribution in [0.4, 0.5) is 11.4 Å². The number of halogens is 2. The first-order chi connectivity index (χ1) is 9.29. The van der Waals surface area contributed by atoms with E-state index in [9.17, 15) is 8.42 Å². The zero-order valence-corrected chi connectivity index (χ0v) is 12.7. The molecule has 8 heteroatoms. The second-order valence-electron chi connectivity index (χ2n) is 4.14. The molecular formula is C12H11Cl2N3O2S. The van der Waals surface area contributed by atoms with Crippen molar-refractivity contribution in [1.29, 1.82) is 0 Å². The van der Waals surface area contributed by atoms with Crippen molar-refractivity contribution in [2.24, 2.45) is 0 Å². The SMILES string of the molecule is Cc1cnc(Cl)c(NS(=O)(=O)c2cc(Cl)ccc2N)c1. The van der Waals surface area contributed by atoms with E-state index < -0.39 is 10.0 Å². The Morgan fingerprint density at radius 1 is 1.25 bits per heavy atom. The number of nitrogens with zero attached hydrogens (tertiary/aromatic N) is 1. The maximum Gasteiger partial charge on any atom is 0.264 e. The van der Waals surface area contributed by atoms with Crippen LogP contribution in [0.5, 0.6) is 0 Å². The van der Waals surface area contributed by atoms with Gasteiger partial charge in [0.2, 0.25) is 0 Å². The number of nitrogens with one attached hydrogen (secondary N) is 1. The first-order valence-corrected chi connectivity index (χ1v) is 7.73. The van der Waals surface area contributed by atoms with E-state index in [4.69, 9.17) is 28.9 Å². The first kappa shape index (κ1) is 14.9. The van der Waals surface area contributed by atoms with Crippen molar-refractivity contribution in [2.45, 2.75) is 11.8 Å². The van der Waals surface area contributed by atoms with E-state index in [1.54, 1.807) is 13.0 Å². The molecule has 0 radical (unpaired) electrons. The second-order valence-corrected chi connectivity index (χ2v) is 6.58. The molecule has 3 N–H and O–H groups in total. The van der Waals surface area contributed by atoms with Crippen molar-refractivity contribution in [2.75, 3.05) is 10.5 Å². The van der Waals surface area contributed by atoms with Gasteiger partial charge in [-0.15, -0.1) is 0 Å². The Balaban J connectivity index is 2.46. The van der Waals surface area contributed by atoms with Crippen molar-refractivity contribution in [3.05, 3.63) is 46.2 Å². The van der Waals surface area contributed by atoms with Crippen LogP contribution in [0.25, 0.3) is 0 Å². The zero-order chi connectivity index (χ0) is 14.9. The van der Waals surface area contributed by atoms with Gasteiger partial charge in [-0.2, -0.15) is 0 Å². The lowest BCUT2D eigenvalue weighted by molar-refractivity contribution is 0.601. The van der Waals surface area contributed by atoms with Gasteiger partial charge >= 0.3 is 0 Å². The fourth-order valence-corrected chi connectivity index (χ4v) is 3.22. The fourth-order valence-electron chi connectivity index (χ4n) is 1.56. The number of rotatable bonds is 3. The number of anilines is 2. The van der Waals surface area contributed by atoms with E-state index in [2.05, 4.69) is 9.71 Å². The number of sulfonamides is 1. The minimum atomic E-state index is -3.89. The van der Waals surface area contributed by atoms with Gasteiger partial charge in [0.25, 0.3) is 10.0 Å². The zero-order valence-electron chi connectivity index (χ0n) is 10.4. The molecule has 0 aliphatic carbocycles. The van der Waals surface area contributed by atoms with E-state index in [-0.39, 0.29) is 26.4 Å². The normalized spacial score (nSPS) is 11.3. The number of nitrogen functional groups attached to an aromatic ring is 1. The molecule has 0 spiro atoms. The van der Waals surface area contributed by atoms with Crippen LogP contribution in [0.15, 0.2) is 35.4 Å². The largest absolute Gasteiger partial charge is 0.398 e. The van der Waals surface area contributed by atoms with Crippen LogP contribution in [0.2, 0.25) is 10.2 Å². The van der Waals surface area contributed by atoms with E-state index in [0.29, 0.717) is 0 Å². The lowest BCUT2D eigenvalue weighted by atomic mass is 10.3. The molecule has 0 amide bonds. The molecule has 0 fully saturated rings. The minimum Gasteiger partial charge on any atom is -0.398 e. The summed E-state index contributed by atoms with van der Waals surface area (Å²) < 4.78 is 27.0. The monoisotopic (exact) mass is 331 g/mol. The molecule has 0 aliphatic rings. The van der Waals surface area contributed by atoms with Crippen molar-refractivity contribution in [3.8, 4) is 0 Å². The Labute approximate surface area is 126 Å². The highest BCUT2D eigenvalue weighted by molar-refractivity contribution is 7.92. The van der Waals surface area contributed by atoms with E-state index in [1.165, 1.54) is 24.4 Å². The van der Waals surface area contributed by atoms with Gasteiger partial charge in [-0.3, -0.25) is 4.72 Å². The molecule has 20 heavy (non-hydrogen) atoms. The Bertz CT molecular complexity index is 763. The van der Waals surface area contributed by atoms with Gasteiger partial charge in [0.15, 0.2) is 5.15 Å². The number of hydrogen-bond acceptors (Lipinski definition) is 4. The Morgan fingerprint density at radius 3 is 2.65 bits per heavy atom. The fraction of sp³-hybridized carbons (Fsp3) is 0.0833. The number of nitrogens with two attached hydrogens (primary N) is 1. The highest BCUT2D eigenvalue weighted by atomic mass is 35.5. The number of aromatic nitrogens is 1. The molecule has 0 aliphatic heterocycles. The molecule has 1 aromatic heterocycles. The quantitative estimate of drug-likeness (QED) is 0.668. The number of aryl methyl sites for hydroxylation is 1. The molecule has 1 heterocycles. The standard InChI is InChI=1S/C12H11Cl2N3O2S/c1-7-4-10(12(14)16-6-7)17-20(18,19)11-5-8(13)2-3-9(11)15/h2-6,17H,15H2,1H3. The number of hydrogen-bond donors (Lipinski definition) is 2. The summed E-state index contributed by atoms with van der Waals surface area (Å²) in [5.74, 6) is 0. The molecule has 0 unspecified atom stereocenters. The van der Waals surface area contributed by atoms with Gasteiger partial charge in [0.1, 0.15) is 4.90 Å². The van der Waals surface area contributed by atoms with Crippen LogP contribution in [-0.4, -0.2) is 13.4 Å². The van der Waals surface area contributed by atoms with Crippen molar-refractivity contribution < 1.29 is 8.42 Å². The van der Waals surface area contributed by atoms with Crippen LogP contribution < -0.4 is 10.5 Å². The summed E-state index contributed by atoms with van der Waals surface area (Å²) in [7, 11) is -3.89. The smallest absolute Gasteiger partial charge is 0.264 e. The summed E-state index contributed by atoms with van der Waals surface area (Å²) in [6.45, 7) is 1.77. The van der Waals surface area contributed by atoms with Crippen molar-refractivity contribution in [3.63, 3.8) is 0 Å². The van der Waals surface area contributed by atoms with E-state index in [1.807, 2.05) is 0 Å². The summed E-state index contributed by atoms with van der Waals surface area (Å²) >= 11 is 11.7. The Morgan fingerprint density at radius 2 is 1.95 bits per heavy atom. The third kappa shape index (κ3) is 3.15. The molecule has 0 atom stereocenters. The number of pyridine rings is 1. The summed E-state index contributed by atoms with van der Waals surface area (Å²) in [6.07, 6.45) is 1.54.